The van der Waals surface area contributed by atoms with Crippen LogP contribution in [0, 0.1) is 0 Å². The molecule has 6 heteroatoms. The summed E-state index contributed by atoms with van der Waals surface area (Å²) in [6, 6.07) is 7.18. The average molecular weight is 334 g/mol. The van der Waals surface area contributed by atoms with E-state index in [2.05, 4.69) is 5.32 Å². The number of rotatable bonds is 3. The summed E-state index contributed by atoms with van der Waals surface area (Å²) >= 11 is 1.89. The summed E-state index contributed by atoms with van der Waals surface area (Å²) in [4.78, 5) is 26.6. The van der Waals surface area contributed by atoms with Crippen molar-refractivity contribution in [3.63, 3.8) is 0 Å². The van der Waals surface area contributed by atoms with Crippen LogP contribution in [-0.2, 0) is 9.53 Å². The molecular formula is C17H22N2O3S. The number of benzene rings is 1. The number of anilines is 1. The summed E-state index contributed by atoms with van der Waals surface area (Å²) in [6.07, 6.45) is 2.35. The molecule has 3 rings (SSSR count). The molecule has 5 nitrogen and oxygen atoms in total. The molecule has 0 saturated carbocycles. The van der Waals surface area contributed by atoms with Crippen molar-refractivity contribution < 1.29 is 14.3 Å². The molecule has 0 spiro atoms. The van der Waals surface area contributed by atoms with Gasteiger partial charge in [0.1, 0.15) is 6.10 Å². The molecule has 1 aromatic carbocycles. The van der Waals surface area contributed by atoms with E-state index in [1.54, 1.807) is 6.07 Å². The van der Waals surface area contributed by atoms with Crippen molar-refractivity contribution in [3.8, 4) is 0 Å². The number of carbonyl (C=O) groups is 2. The molecule has 2 saturated heterocycles. The molecule has 2 fully saturated rings. The molecule has 2 aliphatic heterocycles. The number of hydrogen-bond donors (Lipinski definition) is 1. The molecule has 2 aliphatic rings. The zero-order valence-electron chi connectivity index (χ0n) is 13.1. The van der Waals surface area contributed by atoms with Gasteiger partial charge in [-0.25, -0.2) is 0 Å². The van der Waals surface area contributed by atoms with Crippen molar-refractivity contribution in [1.82, 2.24) is 4.90 Å². The second-order valence-electron chi connectivity index (χ2n) is 5.83. The van der Waals surface area contributed by atoms with Crippen molar-refractivity contribution in [1.29, 1.82) is 0 Å². The van der Waals surface area contributed by atoms with Gasteiger partial charge in [0, 0.05) is 36.7 Å². The van der Waals surface area contributed by atoms with Crippen LogP contribution in [-0.4, -0.2) is 54.0 Å². The summed E-state index contributed by atoms with van der Waals surface area (Å²) in [5.41, 5.74) is 1.28. The Balaban J connectivity index is 1.66. The fourth-order valence-electron chi connectivity index (χ4n) is 2.87. The Morgan fingerprint density at radius 2 is 2.13 bits per heavy atom. The van der Waals surface area contributed by atoms with E-state index in [0.717, 1.165) is 43.9 Å². The van der Waals surface area contributed by atoms with Crippen molar-refractivity contribution in [2.75, 3.05) is 36.5 Å². The van der Waals surface area contributed by atoms with Gasteiger partial charge in [0.15, 0.2) is 0 Å². The number of thioether (sulfide) groups is 1. The lowest BCUT2D eigenvalue weighted by atomic mass is 10.1. The zero-order valence-corrected chi connectivity index (χ0v) is 13.9. The first-order valence-corrected chi connectivity index (χ1v) is 9.29. The normalized spacial score (nSPS) is 21.7. The minimum absolute atomic E-state index is 0.0423. The van der Waals surface area contributed by atoms with Crippen molar-refractivity contribution in [2.24, 2.45) is 0 Å². The summed E-state index contributed by atoms with van der Waals surface area (Å²) in [5, 5.41) is 2.86. The Morgan fingerprint density at radius 3 is 2.96 bits per heavy atom. The van der Waals surface area contributed by atoms with E-state index in [1.165, 1.54) is 0 Å². The molecular weight excluding hydrogens is 312 g/mol. The molecule has 2 amide bonds. The SMILES string of the molecule is O=C(Nc1cccc(C(=O)N2CCCSCC2)c1)[C@H]1CCCO1. The van der Waals surface area contributed by atoms with Gasteiger partial charge >= 0.3 is 0 Å². The predicted molar refractivity (Wildman–Crippen MR) is 91.9 cm³/mol. The minimum Gasteiger partial charge on any atom is -0.368 e. The molecule has 1 aromatic rings. The fourth-order valence-corrected chi connectivity index (χ4v) is 3.76. The Bertz CT molecular complexity index is 565. The van der Waals surface area contributed by atoms with E-state index < -0.39 is 0 Å². The maximum absolute atomic E-state index is 12.6. The molecule has 1 atom stereocenters. The summed E-state index contributed by atoms with van der Waals surface area (Å²) in [5.74, 6) is 2.02. The van der Waals surface area contributed by atoms with Crippen LogP contribution in [0.2, 0.25) is 0 Å². The number of hydrogen-bond acceptors (Lipinski definition) is 4. The van der Waals surface area contributed by atoms with Crippen LogP contribution in [0.3, 0.4) is 0 Å². The smallest absolute Gasteiger partial charge is 0.253 e. The lowest BCUT2D eigenvalue weighted by Gasteiger charge is -2.20. The molecule has 0 radical (unpaired) electrons. The summed E-state index contributed by atoms with van der Waals surface area (Å²) in [6.45, 7) is 2.23. The Morgan fingerprint density at radius 1 is 1.22 bits per heavy atom. The van der Waals surface area contributed by atoms with Gasteiger partial charge < -0.3 is 15.0 Å². The largest absolute Gasteiger partial charge is 0.368 e. The van der Waals surface area contributed by atoms with Gasteiger partial charge in [-0.1, -0.05) is 6.07 Å². The van der Waals surface area contributed by atoms with Crippen LogP contribution < -0.4 is 5.32 Å². The van der Waals surface area contributed by atoms with Crippen LogP contribution in [0.15, 0.2) is 24.3 Å². The maximum atomic E-state index is 12.6. The van der Waals surface area contributed by atoms with E-state index in [9.17, 15) is 9.59 Å². The summed E-state index contributed by atoms with van der Waals surface area (Å²) < 4.78 is 5.38. The summed E-state index contributed by atoms with van der Waals surface area (Å²) in [7, 11) is 0. The first-order chi connectivity index (χ1) is 11.2. The molecule has 0 aromatic heterocycles. The van der Waals surface area contributed by atoms with Gasteiger partial charge in [-0.2, -0.15) is 11.8 Å². The van der Waals surface area contributed by atoms with E-state index >= 15 is 0 Å². The Labute approximate surface area is 140 Å². The highest BCUT2D eigenvalue weighted by molar-refractivity contribution is 7.99. The van der Waals surface area contributed by atoms with E-state index in [-0.39, 0.29) is 17.9 Å². The quantitative estimate of drug-likeness (QED) is 0.922. The number of amides is 2. The van der Waals surface area contributed by atoms with Gasteiger partial charge in [-0.3, -0.25) is 9.59 Å². The number of nitrogens with one attached hydrogen (secondary N) is 1. The minimum atomic E-state index is -0.364. The topological polar surface area (TPSA) is 58.6 Å². The highest BCUT2D eigenvalue weighted by Gasteiger charge is 2.24. The molecule has 1 N–H and O–H groups in total. The lowest BCUT2D eigenvalue weighted by Crippen LogP contribution is -2.33. The molecule has 23 heavy (non-hydrogen) atoms. The number of nitrogens with zero attached hydrogens (tertiary/aromatic N) is 1. The van der Waals surface area contributed by atoms with Crippen LogP contribution in [0.25, 0.3) is 0 Å². The van der Waals surface area contributed by atoms with Crippen molar-refractivity contribution >= 4 is 29.3 Å². The predicted octanol–water partition coefficient (Wildman–Crippen LogP) is 2.38. The third-order valence-electron chi connectivity index (χ3n) is 4.11. The van der Waals surface area contributed by atoms with Gasteiger partial charge in [-0.05, 0) is 43.2 Å². The van der Waals surface area contributed by atoms with Crippen LogP contribution in [0.4, 0.5) is 5.69 Å². The molecule has 0 bridgehead atoms. The molecule has 2 heterocycles. The number of carbonyl (C=O) groups excluding carboxylic acids is 2. The van der Waals surface area contributed by atoms with E-state index in [4.69, 9.17) is 4.74 Å². The first kappa shape index (κ1) is 16.3. The van der Waals surface area contributed by atoms with Crippen molar-refractivity contribution in [3.05, 3.63) is 29.8 Å². The van der Waals surface area contributed by atoms with Crippen LogP contribution in [0.1, 0.15) is 29.6 Å². The third-order valence-corrected chi connectivity index (χ3v) is 5.16. The Hall–Kier alpha value is -1.53. The van der Waals surface area contributed by atoms with Gasteiger partial charge in [0.05, 0.1) is 0 Å². The highest BCUT2D eigenvalue weighted by Crippen LogP contribution is 2.18. The van der Waals surface area contributed by atoms with E-state index in [0.29, 0.717) is 17.9 Å². The van der Waals surface area contributed by atoms with Crippen LogP contribution in [0.5, 0.6) is 0 Å². The average Bonchev–Trinajstić information content (AvgIpc) is 2.97. The lowest BCUT2D eigenvalue weighted by molar-refractivity contribution is -0.124. The second-order valence-corrected chi connectivity index (χ2v) is 7.05. The molecule has 124 valence electrons. The molecule has 0 unspecified atom stereocenters. The molecule has 0 aliphatic carbocycles. The van der Waals surface area contributed by atoms with Crippen LogP contribution >= 0.6 is 11.8 Å². The van der Waals surface area contributed by atoms with Crippen molar-refractivity contribution in [2.45, 2.75) is 25.4 Å². The Kier molecular flexibility index (Phi) is 5.56. The first-order valence-electron chi connectivity index (χ1n) is 8.13. The highest BCUT2D eigenvalue weighted by atomic mass is 32.2. The number of ether oxygens (including phenoxy) is 1. The van der Waals surface area contributed by atoms with Gasteiger partial charge in [-0.15, -0.1) is 0 Å². The monoisotopic (exact) mass is 334 g/mol. The fraction of sp³-hybridized carbons (Fsp3) is 0.529. The standard InChI is InChI=1S/C17H22N2O3S/c20-16(15-6-2-9-22-15)18-14-5-1-4-13(12-14)17(21)19-7-3-10-23-11-8-19/h1,4-5,12,15H,2-3,6-11H2,(H,18,20)/t15-/m1/s1. The van der Waals surface area contributed by atoms with E-state index in [1.807, 2.05) is 34.9 Å². The van der Waals surface area contributed by atoms with Gasteiger partial charge in [0.2, 0.25) is 0 Å². The second kappa shape index (κ2) is 7.84. The maximum Gasteiger partial charge on any atom is 0.253 e. The zero-order chi connectivity index (χ0) is 16.1. The third kappa shape index (κ3) is 4.26. The van der Waals surface area contributed by atoms with Gasteiger partial charge in [0.25, 0.3) is 11.8 Å².